The number of hydrogen-bond acceptors (Lipinski definition) is 0. The van der Waals surface area contributed by atoms with Crippen molar-refractivity contribution in [3.63, 3.8) is 0 Å². The Bertz CT molecular complexity index is 206. The summed E-state index contributed by atoms with van der Waals surface area (Å²) < 4.78 is 0. The summed E-state index contributed by atoms with van der Waals surface area (Å²) in [4.78, 5) is 0. The SMILES string of the molecule is C/C=C(\C=C(/C(C)C)C(C)CC)CC. The van der Waals surface area contributed by atoms with Crippen molar-refractivity contribution < 1.29 is 0 Å². The first kappa shape index (κ1) is 13.5. The van der Waals surface area contributed by atoms with Gasteiger partial charge in [-0.3, -0.25) is 0 Å². The Balaban J connectivity index is 4.80. The van der Waals surface area contributed by atoms with Crippen molar-refractivity contribution in [1.82, 2.24) is 0 Å². The second-order valence-electron chi connectivity index (χ2n) is 4.33. The van der Waals surface area contributed by atoms with Crippen LogP contribution in [0.4, 0.5) is 0 Å². The number of allylic oxidation sites excluding steroid dienone is 4. The molecule has 0 saturated heterocycles. The van der Waals surface area contributed by atoms with Crippen LogP contribution in [0.15, 0.2) is 23.3 Å². The van der Waals surface area contributed by atoms with Crippen molar-refractivity contribution in [1.29, 1.82) is 0 Å². The molecule has 0 aliphatic heterocycles. The summed E-state index contributed by atoms with van der Waals surface area (Å²) in [7, 11) is 0. The fourth-order valence-corrected chi connectivity index (χ4v) is 1.72. The third-order valence-corrected chi connectivity index (χ3v) is 2.98. The summed E-state index contributed by atoms with van der Waals surface area (Å²) in [6, 6.07) is 0. The normalized spacial score (nSPS) is 16.2. The van der Waals surface area contributed by atoms with E-state index < -0.39 is 0 Å². The lowest BCUT2D eigenvalue weighted by molar-refractivity contribution is 0.567. The lowest BCUT2D eigenvalue weighted by Crippen LogP contribution is -2.05. The van der Waals surface area contributed by atoms with E-state index in [1.807, 2.05) is 0 Å². The molecule has 0 fully saturated rings. The monoisotopic (exact) mass is 194 g/mol. The second kappa shape index (κ2) is 6.86. The van der Waals surface area contributed by atoms with Crippen LogP contribution in [0.25, 0.3) is 0 Å². The quantitative estimate of drug-likeness (QED) is 0.542. The van der Waals surface area contributed by atoms with E-state index in [0.717, 1.165) is 12.3 Å². The first-order chi connectivity index (χ1) is 6.56. The molecule has 14 heavy (non-hydrogen) atoms. The van der Waals surface area contributed by atoms with E-state index in [4.69, 9.17) is 0 Å². The third kappa shape index (κ3) is 4.13. The van der Waals surface area contributed by atoms with Gasteiger partial charge < -0.3 is 0 Å². The first-order valence-corrected chi connectivity index (χ1v) is 5.93. The second-order valence-corrected chi connectivity index (χ2v) is 4.33. The van der Waals surface area contributed by atoms with Crippen LogP contribution in [0.1, 0.15) is 54.4 Å². The molecule has 1 atom stereocenters. The minimum atomic E-state index is 0.673. The molecule has 0 saturated carbocycles. The molecule has 1 unspecified atom stereocenters. The van der Waals surface area contributed by atoms with Gasteiger partial charge in [0.2, 0.25) is 0 Å². The molecule has 0 spiro atoms. The van der Waals surface area contributed by atoms with Crippen LogP contribution < -0.4 is 0 Å². The zero-order valence-corrected chi connectivity index (χ0v) is 10.7. The Kier molecular flexibility index (Phi) is 6.61. The maximum Gasteiger partial charge on any atom is -0.0229 e. The van der Waals surface area contributed by atoms with Crippen molar-refractivity contribution in [2.75, 3.05) is 0 Å². The molecule has 0 radical (unpaired) electrons. The molecular weight excluding hydrogens is 168 g/mol. The highest BCUT2D eigenvalue weighted by Crippen LogP contribution is 2.24. The van der Waals surface area contributed by atoms with E-state index in [-0.39, 0.29) is 0 Å². The summed E-state index contributed by atoms with van der Waals surface area (Å²) in [5.74, 6) is 1.39. The topological polar surface area (TPSA) is 0 Å². The molecule has 0 amide bonds. The highest BCUT2D eigenvalue weighted by Gasteiger charge is 2.10. The predicted octanol–water partition coefficient (Wildman–Crippen LogP) is 4.97. The number of rotatable bonds is 5. The molecule has 82 valence electrons. The van der Waals surface area contributed by atoms with Gasteiger partial charge >= 0.3 is 0 Å². The third-order valence-electron chi connectivity index (χ3n) is 2.98. The van der Waals surface area contributed by atoms with E-state index in [1.54, 1.807) is 5.57 Å². The van der Waals surface area contributed by atoms with Gasteiger partial charge in [0, 0.05) is 0 Å². The average Bonchev–Trinajstić information content (AvgIpc) is 2.18. The van der Waals surface area contributed by atoms with Crippen LogP contribution in [0, 0.1) is 11.8 Å². The van der Waals surface area contributed by atoms with Crippen molar-refractivity contribution >= 4 is 0 Å². The van der Waals surface area contributed by atoms with Crippen LogP contribution in [0.3, 0.4) is 0 Å². The van der Waals surface area contributed by atoms with Crippen LogP contribution in [0.5, 0.6) is 0 Å². The molecule has 0 bridgehead atoms. The largest absolute Gasteiger partial charge is 0.0845 e. The Morgan fingerprint density at radius 3 is 2.00 bits per heavy atom. The fourth-order valence-electron chi connectivity index (χ4n) is 1.72. The van der Waals surface area contributed by atoms with Crippen molar-refractivity contribution in [3.05, 3.63) is 23.3 Å². The molecule has 0 aliphatic carbocycles. The highest BCUT2D eigenvalue weighted by molar-refractivity contribution is 5.25. The summed E-state index contributed by atoms with van der Waals surface area (Å²) in [6.07, 6.45) is 7.01. The Morgan fingerprint density at radius 2 is 1.71 bits per heavy atom. The Labute approximate surface area is 90.1 Å². The van der Waals surface area contributed by atoms with E-state index in [1.165, 1.54) is 12.0 Å². The number of hydrogen-bond donors (Lipinski definition) is 0. The van der Waals surface area contributed by atoms with Gasteiger partial charge in [-0.05, 0) is 31.6 Å². The van der Waals surface area contributed by atoms with Crippen molar-refractivity contribution in [2.45, 2.75) is 54.4 Å². The van der Waals surface area contributed by atoms with E-state index in [9.17, 15) is 0 Å². The molecule has 0 rings (SSSR count). The molecule has 0 heterocycles. The van der Waals surface area contributed by atoms with Gasteiger partial charge in [0.05, 0.1) is 0 Å². The average molecular weight is 194 g/mol. The van der Waals surface area contributed by atoms with Gasteiger partial charge in [-0.15, -0.1) is 0 Å². The van der Waals surface area contributed by atoms with Gasteiger partial charge in [0.25, 0.3) is 0 Å². The van der Waals surface area contributed by atoms with Gasteiger partial charge in [-0.25, -0.2) is 0 Å². The lowest BCUT2D eigenvalue weighted by atomic mass is 9.87. The molecule has 0 N–H and O–H groups in total. The van der Waals surface area contributed by atoms with Crippen LogP contribution in [-0.2, 0) is 0 Å². The molecule has 0 aliphatic rings. The minimum Gasteiger partial charge on any atom is -0.0845 e. The standard InChI is InChI=1S/C14H26/c1-7-12(6)14(11(4)5)10-13(8-2)9-3/h8,10-12H,7,9H2,1-6H3/b13-8-,14-10+. The maximum atomic E-state index is 2.40. The zero-order valence-electron chi connectivity index (χ0n) is 10.7. The van der Waals surface area contributed by atoms with Gasteiger partial charge in [-0.2, -0.15) is 0 Å². The summed E-state index contributed by atoms with van der Waals surface area (Å²) >= 11 is 0. The molecule has 0 aromatic heterocycles. The molecule has 0 nitrogen and oxygen atoms in total. The maximum absolute atomic E-state index is 2.40. The fraction of sp³-hybridized carbons (Fsp3) is 0.714. The Hall–Kier alpha value is -0.520. The van der Waals surface area contributed by atoms with Crippen molar-refractivity contribution in [2.24, 2.45) is 11.8 Å². The molecule has 0 heteroatoms. The van der Waals surface area contributed by atoms with Gasteiger partial charge in [0.1, 0.15) is 0 Å². The summed E-state index contributed by atoms with van der Waals surface area (Å²) in [5, 5.41) is 0. The lowest BCUT2D eigenvalue weighted by Gasteiger charge is -2.18. The highest BCUT2D eigenvalue weighted by atomic mass is 14.2. The molecule has 0 aromatic carbocycles. The molecular formula is C14H26. The predicted molar refractivity (Wildman–Crippen MR) is 66.4 cm³/mol. The summed E-state index contributed by atoms with van der Waals surface area (Å²) in [5.41, 5.74) is 3.07. The summed E-state index contributed by atoms with van der Waals surface area (Å²) in [6.45, 7) is 13.5. The first-order valence-electron chi connectivity index (χ1n) is 5.93. The van der Waals surface area contributed by atoms with E-state index in [0.29, 0.717) is 5.92 Å². The Morgan fingerprint density at radius 1 is 1.14 bits per heavy atom. The van der Waals surface area contributed by atoms with Crippen LogP contribution in [-0.4, -0.2) is 0 Å². The van der Waals surface area contributed by atoms with Crippen LogP contribution in [0.2, 0.25) is 0 Å². The van der Waals surface area contributed by atoms with Gasteiger partial charge in [0.15, 0.2) is 0 Å². The van der Waals surface area contributed by atoms with Crippen LogP contribution >= 0.6 is 0 Å². The van der Waals surface area contributed by atoms with Gasteiger partial charge in [-0.1, -0.05) is 57.9 Å². The van der Waals surface area contributed by atoms with E-state index in [2.05, 4.69) is 53.7 Å². The molecule has 0 aromatic rings. The van der Waals surface area contributed by atoms with E-state index >= 15 is 0 Å². The van der Waals surface area contributed by atoms with Crippen molar-refractivity contribution in [3.8, 4) is 0 Å². The minimum absolute atomic E-state index is 0.673. The zero-order chi connectivity index (χ0) is 11.1. The smallest absolute Gasteiger partial charge is 0.0229 e.